The molecule has 0 amide bonds. The minimum atomic E-state index is -4.49. The molecule has 1 aliphatic heterocycles. The highest BCUT2D eigenvalue weighted by molar-refractivity contribution is 7.89. The van der Waals surface area contributed by atoms with Crippen LogP contribution in [0.5, 0.6) is 0 Å². The van der Waals surface area contributed by atoms with Crippen molar-refractivity contribution in [3.8, 4) is 0 Å². The van der Waals surface area contributed by atoms with E-state index in [0.29, 0.717) is 0 Å². The highest BCUT2D eigenvalue weighted by atomic mass is 32.2. The van der Waals surface area contributed by atoms with E-state index in [-0.39, 0.29) is 31.1 Å². The molecule has 2 N–H and O–H groups in total. The lowest BCUT2D eigenvalue weighted by atomic mass is 10.2. The molecule has 118 valence electrons. The van der Waals surface area contributed by atoms with Gasteiger partial charge in [0.1, 0.15) is 0 Å². The molecule has 5 nitrogen and oxygen atoms in total. The van der Waals surface area contributed by atoms with E-state index in [1.807, 2.05) is 0 Å². The normalized spacial score (nSPS) is 21.4. The Balaban J connectivity index is 2.23. The predicted octanol–water partition coefficient (Wildman–Crippen LogP) is 1.05. The number of nitrogens with two attached hydrogens (primary N) is 1. The van der Waals surface area contributed by atoms with Crippen molar-refractivity contribution in [1.29, 1.82) is 0 Å². The molecular weight excluding hydrogens is 309 g/mol. The zero-order chi connectivity index (χ0) is 15.7. The van der Waals surface area contributed by atoms with Gasteiger partial charge in [-0.05, 0) is 24.3 Å². The molecule has 9 heteroatoms. The van der Waals surface area contributed by atoms with E-state index in [9.17, 15) is 21.6 Å². The minimum Gasteiger partial charge on any atom is -0.374 e. The van der Waals surface area contributed by atoms with Crippen LogP contribution in [0, 0.1) is 0 Å². The van der Waals surface area contributed by atoms with E-state index in [1.165, 1.54) is 4.31 Å². The Bertz CT molecular complexity index is 587. The number of rotatable bonds is 3. The van der Waals surface area contributed by atoms with Crippen molar-refractivity contribution in [3.63, 3.8) is 0 Å². The van der Waals surface area contributed by atoms with E-state index in [0.717, 1.165) is 24.3 Å². The number of hydrogen-bond acceptors (Lipinski definition) is 4. The van der Waals surface area contributed by atoms with Crippen LogP contribution < -0.4 is 5.73 Å². The standard InChI is InChI=1S/C12H15F3N2O3S/c13-12(14,15)9-1-3-11(4-2-9)21(18,19)17-5-6-20-10(7-16)8-17/h1-4,10H,5-8,16H2. The van der Waals surface area contributed by atoms with Gasteiger partial charge in [-0.2, -0.15) is 17.5 Å². The van der Waals surface area contributed by atoms with E-state index in [2.05, 4.69) is 0 Å². The van der Waals surface area contributed by atoms with Gasteiger partial charge < -0.3 is 10.5 Å². The first-order chi connectivity index (χ1) is 9.75. The molecule has 0 aliphatic carbocycles. The average molecular weight is 324 g/mol. The lowest BCUT2D eigenvalue weighted by molar-refractivity contribution is -0.137. The van der Waals surface area contributed by atoms with E-state index < -0.39 is 27.9 Å². The fourth-order valence-corrected chi connectivity index (χ4v) is 3.47. The third-order valence-electron chi connectivity index (χ3n) is 3.18. The van der Waals surface area contributed by atoms with Crippen molar-refractivity contribution in [2.45, 2.75) is 17.2 Å². The molecule has 2 rings (SSSR count). The Hall–Kier alpha value is -1.16. The predicted molar refractivity (Wildman–Crippen MR) is 69.0 cm³/mol. The molecule has 1 atom stereocenters. The van der Waals surface area contributed by atoms with Gasteiger partial charge in [-0.25, -0.2) is 8.42 Å². The third kappa shape index (κ3) is 3.54. The van der Waals surface area contributed by atoms with Gasteiger partial charge in [-0.15, -0.1) is 0 Å². The highest BCUT2D eigenvalue weighted by Gasteiger charge is 2.33. The molecule has 1 saturated heterocycles. The highest BCUT2D eigenvalue weighted by Crippen LogP contribution is 2.30. The Labute approximate surface area is 120 Å². The number of sulfonamides is 1. The molecular formula is C12H15F3N2O3S. The molecule has 1 aromatic rings. The first-order valence-corrected chi connectivity index (χ1v) is 7.68. The monoisotopic (exact) mass is 324 g/mol. The van der Waals surface area contributed by atoms with Gasteiger partial charge >= 0.3 is 6.18 Å². The Morgan fingerprint density at radius 3 is 2.43 bits per heavy atom. The van der Waals surface area contributed by atoms with E-state index >= 15 is 0 Å². The average Bonchev–Trinajstić information content (AvgIpc) is 2.46. The SMILES string of the molecule is NCC1CN(S(=O)(=O)c2ccc(C(F)(F)F)cc2)CCO1. The van der Waals surface area contributed by atoms with Crippen molar-refractivity contribution in [2.75, 3.05) is 26.2 Å². The van der Waals surface area contributed by atoms with Crippen molar-refractivity contribution in [2.24, 2.45) is 5.73 Å². The summed E-state index contributed by atoms with van der Waals surface area (Å²) < 4.78 is 68.6. The molecule has 1 aromatic carbocycles. The number of morpholine rings is 1. The summed E-state index contributed by atoms with van der Waals surface area (Å²) >= 11 is 0. The number of hydrogen-bond donors (Lipinski definition) is 1. The zero-order valence-corrected chi connectivity index (χ0v) is 11.8. The maximum Gasteiger partial charge on any atom is 0.416 e. The molecule has 1 aliphatic rings. The van der Waals surface area contributed by atoms with Crippen LogP contribution in [-0.2, 0) is 20.9 Å². The van der Waals surface area contributed by atoms with Crippen LogP contribution in [-0.4, -0.2) is 45.1 Å². The number of benzene rings is 1. The van der Waals surface area contributed by atoms with E-state index in [4.69, 9.17) is 10.5 Å². The van der Waals surface area contributed by atoms with Gasteiger partial charge in [0.2, 0.25) is 10.0 Å². The number of alkyl halides is 3. The second-order valence-electron chi connectivity index (χ2n) is 4.61. The van der Waals surface area contributed by atoms with Crippen LogP contribution in [0.15, 0.2) is 29.2 Å². The van der Waals surface area contributed by atoms with Crippen LogP contribution in [0.4, 0.5) is 13.2 Å². The fourth-order valence-electron chi connectivity index (χ4n) is 2.02. The molecule has 21 heavy (non-hydrogen) atoms. The van der Waals surface area contributed by atoms with Crippen LogP contribution in [0.2, 0.25) is 0 Å². The summed E-state index contributed by atoms with van der Waals surface area (Å²) in [6.45, 7) is 0.639. The van der Waals surface area contributed by atoms with Gasteiger partial charge in [0.15, 0.2) is 0 Å². The first kappa shape index (κ1) is 16.2. The molecule has 0 saturated carbocycles. The summed E-state index contributed by atoms with van der Waals surface area (Å²) in [5, 5.41) is 0. The third-order valence-corrected chi connectivity index (χ3v) is 5.06. The lowest BCUT2D eigenvalue weighted by Gasteiger charge is -2.31. The molecule has 0 aromatic heterocycles. The number of halogens is 3. The van der Waals surface area contributed by atoms with Gasteiger partial charge in [0.05, 0.1) is 23.2 Å². The molecule has 0 bridgehead atoms. The summed E-state index contributed by atoms with van der Waals surface area (Å²) in [5.74, 6) is 0. The second-order valence-corrected chi connectivity index (χ2v) is 6.55. The molecule has 0 spiro atoms. The second kappa shape index (κ2) is 5.91. The van der Waals surface area contributed by atoms with Crippen LogP contribution >= 0.6 is 0 Å². The number of ether oxygens (including phenoxy) is 1. The van der Waals surface area contributed by atoms with Crippen molar-refractivity contribution in [3.05, 3.63) is 29.8 Å². The molecule has 1 fully saturated rings. The minimum absolute atomic E-state index is 0.0971. The maximum absolute atomic E-state index is 12.5. The zero-order valence-electron chi connectivity index (χ0n) is 11.0. The lowest BCUT2D eigenvalue weighted by Crippen LogP contribution is -2.48. The summed E-state index contributed by atoms with van der Waals surface area (Å²) in [6.07, 6.45) is -4.89. The Morgan fingerprint density at radius 2 is 1.90 bits per heavy atom. The smallest absolute Gasteiger partial charge is 0.374 e. The number of nitrogens with zero attached hydrogens (tertiary/aromatic N) is 1. The summed E-state index contributed by atoms with van der Waals surface area (Å²) in [7, 11) is -3.84. The molecule has 0 radical (unpaired) electrons. The maximum atomic E-state index is 12.5. The van der Waals surface area contributed by atoms with Crippen molar-refractivity contribution in [1.82, 2.24) is 4.31 Å². The summed E-state index contributed by atoms with van der Waals surface area (Å²) in [4.78, 5) is -0.173. The van der Waals surface area contributed by atoms with E-state index in [1.54, 1.807) is 0 Å². The van der Waals surface area contributed by atoms with Crippen molar-refractivity contribution >= 4 is 10.0 Å². The quantitative estimate of drug-likeness (QED) is 0.902. The summed E-state index contributed by atoms with van der Waals surface area (Å²) in [6, 6.07) is 3.44. The largest absolute Gasteiger partial charge is 0.416 e. The summed E-state index contributed by atoms with van der Waals surface area (Å²) in [5.41, 5.74) is 4.56. The molecule has 1 heterocycles. The van der Waals surface area contributed by atoms with Gasteiger partial charge in [-0.3, -0.25) is 0 Å². The Morgan fingerprint density at radius 1 is 1.29 bits per heavy atom. The van der Waals surface area contributed by atoms with Gasteiger partial charge in [0.25, 0.3) is 0 Å². The fraction of sp³-hybridized carbons (Fsp3) is 0.500. The molecule has 1 unspecified atom stereocenters. The van der Waals surface area contributed by atoms with Gasteiger partial charge in [0, 0.05) is 19.6 Å². The van der Waals surface area contributed by atoms with Gasteiger partial charge in [-0.1, -0.05) is 0 Å². The van der Waals surface area contributed by atoms with Crippen LogP contribution in [0.1, 0.15) is 5.56 Å². The Kier molecular flexibility index (Phi) is 4.57. The van der Waals surface area contributed by atoms with Crippen LogP contribution in [0.25, 0.3) is 0 Å². The van der Waals surface area contributed by atoms with Crippen molar-refractivity contribution < 1.29 is 26.3 Å². The van der Waals surface area contributed by atoms with Crippen LogP contribution in [0.3, 0.4) is 0 Å². The topological polar surface area (TPSA) is 72.6 Å². The first-order valence-electron chi connectivity index (χ1n) is 6.24.